The minimum Gasteiger partial charge on any atom is -0.857 e. The number of hydrogen-bond donors (Lipinski definition) is 0. The summed E-state index contributed by atoms with van der Waals surface area (Å²) in [5, 5.41) is 21.8. The van der Waals surface area contributed by atoms with Gasteiger partial charge in [0, 0.05) is 0 Å². The van der Waals surface area contributed by atoms with E-state index in [9.17, 15) is 0 Å². The van der Waals surface area contributed by atoms with Gasteiger partial charge in [-0.1, -0.05) is 12.1 Å². The molecule has 6 aromatic carbocycles. The Bertz CT molecular complexity index is 984. The maximum atomic E-state index is 8.25. The van der Waals surface area contributed by atoms with Gasteiger partial charge in [-0.3, -0.25) is 0 Å². The van der Waals surface area contributed by atoms with Crippen LogP contribution in [0.3, 0.4) is 0 Å². The SMILES string of the molecule is C[O-].C[O-].[CH3-].[Zr+2].[c-]1ccccc1.[c-]1ccccc1.c1ccc2[cH-]ccc2c1.c1ccc2[cH-]ccc2c1. The van der Waals surface area contributed by atoms with Gasteiger partial charge in [0.1, 0.15) is 0 Å². The summed E-state index contributed by atoms with van der Waals surface area (Å²) < 4.78 is 0. The average Bonchev–Trinajstić information content (AvgIpc) is 3.64. The second-order valence-corrected chi connectivity index (χ2v) is 6.46. The molecular formula is C33H33O2Zr-5. The molecule has 0 aliphatic heterocycles. The molecule has 6 rings (SSSR count). The van der Waals surface area contributed by atoms with Crippen LogP contribution in [0.2, 0.25) is 0 Å². The number of hydrogen-bond acceptors (Lipinski definition) is 2. The van der Waals surface area contributed by atoms with Gasteiger partial charge in [-0.25, -0.2) is 0 Å². The molecule has 0 aromatic heterocycles. The molecule has 0 aliphatic rings. The largest absolute Gasteiger partial charge is 2.00 e. The Balaban J connectivity index is 0. The van der Waals surface area contributed by atoms with Crippen LogP contribution in [0.1, 0.15) is 0 Å². The topological polar surface area (TPSA) is 46.1 Å². The van der Waals surface area contributed by atoms with Gasteiger partial charge in [0.15, 0.2) is 0 Å². The molecule has 0 radical (unpaired) electrons. The van der Waals surface area contributed by atoms with Crippen LogP contribution in [0.5, 0.6) is 0 Å². The van der Waals surface area contributed by atoms with Gasteiger partial charge in [0.05, 0.1) is 0 Å². The molecule has 0 spiro atoms. The Kier molecular flexibility index (Phi) is 24.4. The first-order valence-corrected chi connectivity index (χ1v) is 10.8. The zero-order valence-corrected chi connectivity index (χ0v) is 23.6. The molecule has 0 fully saturated rings. The van der Waals surface area contributed by atoms with E-state index in [-0.39, 0.29) is 33.6 Å². The summed E-state index contributed by atoms with van der Waals surface area (Å²) >= 11 is 0. The van der Waals surface area contributed by atoms with Crippen LogP contribution < -0.4 is 10.2 Å². The van der Waals surface area contributed by atoms with Gasteiger partial charge in [-0.05, 0) is 0 Å². The fourth-order valence-corrected chi connectivity index (χ4v) is 2.82. The molecule has 0 saturated carbocycles. The van der Waals surface area contributed by atoms with Crippen molar-refractivity contribution in [2.75, 3.05) is 14.2 Å². The summed E-state index contributed by atoms with van der Waals surface area (Å²) in [6.07, 6.45) is 0. The van der Waals surface area contributed by atoms with Crippen molar-refractivity contribution in [2.45, 2.75) is 0 Å². The monoisotopic (exact) mass is 551 g/mol. The third-order valence-electron chi connectivity index (χ3n) is 4.31. The minimum atomic E-state index is 0. The van der Waals surface area contributed by atoms with Crippen molar-refractivity contribution in [1.82, 2.24) is 0 Å². The van der Waals surface area contributed by atoms with Crippen LogP contribution in [-0.2, 0) is 26.2 Å². The molecule has 0 atom stereocenters. The van der Waals surface area contributed by atoms with E-state index in [1.165, 1.54) is 21.5 Å². The maximum absolute atomic E-state index is 8.25. The molecule has 0 N–H and O–H groups in total. The van der Waals surface area contributed by atoms with Crippen LogP contribution in [-0.4, -0.2) is 14.2 Å². The minimum absolute atomic E-state index is 0. The van der Waals surface area contributed by atoms with Gasteiger partial charge >= 0.3 is 26.2 Å². The fourth-order valence-electron chi connectivity index (χ4n) is 2.82. The van der Waals surface area contributed by atoms with Gasteiger partial charge in [0.25, 0.3) is 0 Å². The molecule has 0 saturated heterocycles. The Morgan fingerprint density at radius 1 is 0.472 bits per heavy atom. The summed E-state index contributed by atoms with van der Waals surface area (Å²) in [6.45, 7) is 0. The number of fused-ring (bicyclic) bond motifs is 2. The summed E-state index contributed by atoms with van der Waals surface area (Å²) in [6, 6.07) is 54.3. The molecule has 6 aromatic rings. The first-order valence-electron chi connectivity index (χ1n) is 10.8. The average molecular weight is 553 g/mol. The van der Waals surface area contributed by atoms with Crippen LogP contribution in [0.25, 0.3) is 21.5 Å². The van der Waals surface area contributed by atoms with E-state index in [4.69, 9.17) is 10.2 Å². The van der Waals surface area contributed by atoms with Gasteiger partial charge < -0.3 is 17.6 Å². The van der Waals surface area contributed by atoms with Crippen LogP contribution in [0.4, 0.5) is 0 Å². The summed E-state index contributed by atoms with van der Waals surface area (Å²) in [5.41, 5.74) is 0. The second-order valence-electron chi connectivity index (χ2n) is 6.46. The van der Waals surface area contributed by atoms with Crippen molar-refractivity contribution in [2.24, 2.45) is 0 Å². The zero-order valence-electron chi connectivity index (χ0n) is 21.2. The molecular weight excluding hydrogens is 520 g/mol. The molecule has 0 amide bonds. The van der Waals surface area contributed by atoms with Crippen LogP contribution in [0.15, 0.2) is 146 Å². The third-order valence-corrected chi connectivity index (χ3v) is 4.31. The Labute approximate surface area is 236 Å². The zero-order chi connectivity index (χ0) is 24.7. The van der Waals surface area contributed by atoms with Crippen LogP contribution in [0, 0.1) is 19.6 Å². The van der Waals surface area contributed by atoms with E-state index < -0.39 is 0 Å². The van der Waals surface area contributed by atoms with Crippen molar-refractivity contribution in [3.63, 3.8) is 0 Å². The standard InChI is InChI=1S/2C9H7.2C6H5.2CH3O.CH3.Zr/c2*1-2-5-9-7-3-6-8(9)4-1;2*1-2-4-6-5-3-1;2*1-2;;/h2*1-7H;2*1-5H;2*1H3;1H3;/q7*-1;+2. The van der Waals surface area contributed by atoms with Crippen LogP contribution >= 0.6 is 0 Å². The molecule has 0 aliphatic carbocycles. The van der Waals surface area contributed by atoms with Gasteiger partial charge in [-0.15, -0.1) is 59.3 Å². The summed E-state index contributed by atoms with van der Waals surface area (Å²) in [5.74, 6) is 0. The van der Waals surface area contributed by atoms with E-state index in [0.717, 1.165) is 14.2 Å². The van der Waals surface area contributed by atoms with Gasteiger partial charge in [0.2, 0.25) is 0 Å². The first kappa shape index (κ1) is 35.1. The first-order chi connectivity index (χ1) is 16.9. The maximum Gasteiger partial charge on any atom is 2.00 e. The van der Waals surface area contributed by atoms with Crippen molar-refractivity contribution < 1.29 is 36.4 Å². The third kappa shape index (κ3) is 15.0. The van der Waals surface area contributed by atoms with E-state index in [2.05, 4.69) is 97.1 Å². The van der Waals surface area contributed by atoms with Crippen molar-refractivity contribution >= 4 is 21.5 Å². The summed E-state index contributed by atoms with van der Waals surface area (Å²) in [4.78, 5) is 0. The van der Waals surface area contributed by atoms with E-state index in [1.807, 2.05) is 60.7 Å². The van der Waals surface area contributed by atoms with Crippen molar-refractivity contribution in [3.8, 4) is 0 Å². The number of rotatable bonds is 0. The molecule has 3 heteroatoms. The van der Waals surface area contributed by atoms with Crippen molar-refractivity contribution in [1.29, 1.82) is 0 Å². The van der Waals surface area contributed by atoms with E-state index in [0.29, 0.717) is 0 Å². The molecule has 0 heterocycles. The Morgan fingerprint density at radius 3 is 1.06 bits per heavy atom. The summed E-state index contributed by atoms with van der Waals surface area (Å²) in [7, 11) is 1.50. The molecule has 186 valence electrons. The Hall–Kier alpha value is -3.10. The quantitative estimate of drug-likeness (QED) is 0.202. The molecule has 2 nitrogen and oxygen atoms in total. The predicted octanol–water partition coefficient (Wildman–Crippen LogP) is 6.49. The predicted molar refractivity (Wildman–Crippen MR) is 148 cm³/mol. The molecule has 36 heavy (non-hydrogen) atoms. The van der Waals surface area contributed by atoms with E-state index in [1.54, 1.807) is 0 Å². The second kappa shape index (κ2) is 25.0. The van der Waals surface area contributed by atoms with Gasteiger partial charge in [-0.2, -0.15) is 122 Å². The fraction of sp³-hybridized carbons (Fsp3) is 0.0606. The Morgan fingerprint density at radius 2 is 0.806 bits per heavy atom. The van der Waals surface area contributed by atoms with E-state index >= 15 is 0 Å². The normalized spacial score (nSPS) is 8.11. The molecule has 0 unspecified atom stereocenters. The number of benzene rings is 4. The van der Waals surface area contributed by atoms with Crippen molar-refractivity contribution in [3.05, 3.63) is 165 Å². The molecule has 0 bridgehead atoms. The smallest absolute Gasteiger partial charge is 0.857 e.